The maximum Gasteiger partial charge on any atom is 0.232 e. The molecule has 4 nitrogen and oxygen atoms in total. The summed E-state index contributed by atoms with van der Waals surface area (Å²) in [4.78, 5) is 20.7. The van der Waals surface area contributed by atoms with Crippen LogP contribution in [0.3, 0.4) is 0 Å². The molecule has 1 aromatic carbocycles. The summed E-state index contributed by atoms with van der Waals surface area (Å²) in [5.41, 5.74) is 1.76. The van der Waals surface area contributed by atoms with Crippen molar-refractivity contribution in [3.63, 3.8) is 0 Å². The summed E-state index contributed by atoms with van der Waals surface area (Å²) in [7, 11) is 0. The van der Waals surface area contributed by atoms with Gasteiger partial charge in [-0.3, -0.25) is 10.1 Å². The van der Waals surface area contributed by atoms with Crippen molar-refractivity contribution in [2.45, 2.75) is 38.5 Å². The number of benzene rings is 1. The first kappa shape index (κ1) is 12.7. The Bertz CT molecular complexity index is 679. The molecule has 22 heavy (non-hydrogen) atoms. The minimum Gasteiger partial charge on any atom is -0.324 e. The lowest BCUT2D eigenvalue weighted by Crippen LogP contribution is -2.51. The molecule has 6 rings (SSSR count). The van der Waals surface area contributed by atoms with Gasteiger partial charge in [0.2, 0.25) is 11.9 Å². The number of hydrogen-bond acceptors (Lipinski definition) is 2. The number of aromatic amines is 1. The van der Waals surface area contributed by atoms with E-state index in [0.29, 0.717) is 5.95 Å². The third-order valence-electron chi connectivity index (χ3n) is 6.14. The third-order valence-corrected chi connectivity index (χ3v) is 6.14. The number of anilines is 1. The van der Waals surface area contributed by atoms with Gasteiger partial charge < -0.3 is 4.98 Å². The zero-order valence-electron chi connectivity index (χ0n) is 12.6. The Kier molecular flexibility index (Phi) is 2.50. The highest BCUT2D eigenvalue weighted by molar-refractivity contribution is 5.95. The Labute approximate surface area is 129 Å². The maximum atomic E-state index is 13.0. The number of rotatable bonds is 2. The number of carbonyl (C=O) groups excluding carboxylic acids is 1. The van der Waals surface area contributed by atoms with E-state index in [-0.39, 0.29) is 11.3 Å². The van der Waals surface area contributed by atoms with Crippen molar-refractivity contribution in [1.29, 1.82) is 0 Å². The SMILES string of the molecule is O=C(Nc1nc2ccccc2[nH]1)C12CC3CC(CC(C3)C1)C2. The van der Waals surface area contributed by atoms with Crippen LogP contribution in [0.1, 0.15) is 38.5 Å². The van der Waals surface area contributed by atoms with Gasteiger partial charge in [0.25, 0.3) is 0 Å². The lowest BCUT2D eigenvalue weighted by atomic mass is 9.49. The fraction of sp³-hybridized carbons (Fsp3) is 0.556. The van der Waals surface area contributed by atoms with E-state index in [1.54, 1.807) is 0 Å². The molecule has 1 heterocycles. The number of amides is 1. The maximum absolute atomic E-state index is 13.0. The monoisotopic (exact) mass is 295 g/mol. The van der Waals surface area contributed by atoms with Crippen molar-refractivity contribution in [2.24, 2.45) is 23.2 Å². The van der Waals surface area contributed by atoms with Crippen molar-refractivity contribution in [2.75, 3.05) is 5.32 Å². The van der Waals surface area contributed by atoms with Crippen LogP contribution in [0.4, 0.5) is 5.95 Å². The normalized spacial score (nSPS) is 35.9. The highest BCUT2D eigenvalue weighted by atomic mass is 16.2. The predicted octanol–water partition coefficient (Wildman–Crippen LogP) is 3.72. The molecule has 4 aliphatic rings. The van der Waals surface area contributed by atoms with Crippen LogP contribution in [-0.4, -0.2) is 15.9 Å². The molecule has 1 aromatic heterocycles. The lowest BCUT2D eigenvalue weighted by Gasteiger charge is -2.55. The molecule has 0 atom stereocenters. The molecule has 4 fully saturated rings. The van der Waals surface area contributed by atoms with E-state index in [4.69, 9.17) is 0 Å². The second kappa shape index (κ2) is 4.34. The summed E-state index contributed by atoms with van der Waals surface area (Å²) in [5, 5.41) is 3.08. The zero-order valence-corrected chi connectivity index (χ0v) is 12.6. The van der Waals surface area contributed by atoms with Crippen molar-refractivity contribution >= 4 is 22.9 Å². The quantitative estimate of drug-likeness (QED) is 0.887. The number of hydrogen-bond donors (Lipinski definition) is 2. The third kappa shape index (κ3) is 1.82. The number of imidazole rings is 1. The second-order valence-corrected chi connectivity index (χ2v) is 7.75. The topological polar surface area (TPSA) is 57.8 Å². The molecular formula is C18H21N3O. The van der Waals surface area contributed by atoms with Crippen LogP contribution >= 0.6 is 0 Å². The summed E-state index contributed by atoms with van der Waals surface area (Å²) < 4.78 is 0. The van der Waals surface area contributed by atoms with Gasteiger partial charge in [-0.05, 0) is 68.4 Å². The molecule has 2 aromatic rings. The molecule has 0 radical (unpaired) electrons. The molecule has 1 amide bonds. The van der Waals surface area contributed by atoms with Crippen molar-refractivity contribution in [3.8, 4) is 0 Å². The van der Waals surface area contributed by atoms with Crippen LogP contribution in [0.2, 0.25) is 0 Å². The van der Waals surface area contributed by atoms with Crippen LogP contribution < -0.4 is 5.32 Å². The Morgan fingerprint density at radius 1 is 1.09 bits per heavy atom. The summed E-state index contributed by atoms with van der Waals surface area (Å²) in [6.45, 7) is 0. The summed E-state index contributed by atoms with van der Waals surface area (Å²) in [6, 6.07) is 7.90. The van der Waals surface area contributed by atoms with Crippen LogP contribution in [0.15, 0.2) is 24.3 Å². The van der Waals surface area contributed by atoms with E-state index in [1.807, 2.05) is 24.3 Å². The fourth-order valence-electron chi connectivity index (χ4n) is 5.64. The average molecular weight is 295 g/mol. The Balaban J connectivity index is 1.42. The minimum absolute atomic E-state index is 0.117. The number of nitrogens with zero attached hydrogens (tertiary/aromatic N) is 1. The number of nitrogens with one attached hydrogen (secondary N) is 2. The van der Waals surface area contributed by atoms with E-state index >= 15 is 0 Å². The van der Waals surface area contributed by atoms with E-state index in [2.05, 4.69) is 15.3 Å². The minimum atomic E-state index is -0.117. The van der Waals surface area contributed by atoms with Gasteiger partial charge in [0.1, 0.15) is 0 Å². The van der Waals surface area contributed by atoms with E-state index in [1.165, 1.54) is 19.3 Å². The molecule has 4 heteroatoms. The number of H-pyrrole nitrogens is 1. The fourth-order valence-corrected chi connectivity index (χ4v) is 5.64. The van der Waals surface area contributed by atoms with Crippen molar-refractivity contribution in [3.05, 3.63) is 24.3 Å². The molecule has 4 saturated carbocycles. The Morgan fingerprint density at radius 3 is 2.36 bits per heavy atom. The molecule has 4 bridgehead atoms. The average Bonchev–Trinajstić information content (AvgIpc) is 2.88. The highest BCUT2D eigenvalue weighted by Gasteiger charge is 2.54. The summed E-state index contributed by atoms with van der Waals surface area (Å²) in [5.74, 6) is 3.15. The van der Waals surface area contributed by atoms with Gasteiger partial charge in [-0.1, -0.05) is 12.1 Å². The molecule has 0 spiro atoms. The van der Waals surface area contributed by atoms with Gasteiger partial charge in [-0.2, -0.15) is 0 Å². The number of fused-ring (bicyclic) bond motifs is 1. The molecule has 0 unspecified atom stereocenters. The van der Waals surface area contributed by atoms with Crippen LogP contribution in [0, 0.1) is 23.2 Å². The van der Waals surface area contributed by atoms with Gasteiger partial charge in [-0.25, -0.2) is 4.98 Å². The largest absolute Gasteiger partial charge is 0.324 e. The van der Waals surface area contributed by atoms with Crippen molar-refractivity contribution < 1.29 is 4.79 Å². The second-order valence-electron chi connectivity index (χ2n) is 7.75. The van der Waals surface area contributed by atoms with Crippen LogP contribution in [0.25, 0.3) is 11.0 Å². The van der Waals surface area contributed by atoms with E-state index in [0.717, 1.165) is 48.0 Å². The smallest absolute Gasteiger partial charge is 0.232 e. The van der Waals surface area contributed by atoms with E-state index in [9.17, 15) is 4.79 Å². The van der Waals surface area contributed by atoms with Crippen LogP contribution in [-0.2, 0) is 4.79 Å². The summed E-state index contributed by atoms with van der Waals surface area (Å²) in [6.07, 6.45) is 7.34. The number of carbonyl (C=O) groups is 1. The first-order valence-electron chi connectivity index (χ1n) is 8.46. The molecule has 0 saturated heterocycles. The van der Waals surface area contributed by atoms with Crippen LogP contribution in [0.5, 0.6) is 0 Å². The summed E-state index contributed by atoms with van der Waals surface area (Å²) >= 11 is 0. The Morgan fingerprint density at radius 2 is 1.73 bits per heavy atom. The van der Waals surface area contributed by atoms with Gasteiger partial charge >= 0.3 is 0 Å². The molecule has 4 aliphatic carbocycles. The van der Waals surface area contributed by atoms with Gasteiger partial charge in [-0.15, -0.1) is 0 Å². The van der Waals surface area contributed by atoms with E-state index < -0.39 is 0 Å². The Hall–Kier alpha value is -1.84. The number of para-hydroxylation sites is 2. The van der Waals surface area contributed by atoms with Crippen molar-refractivity contribution in [1.82, 2.24) is 9.97 Å². The number of aromatic nitrogens is 2. The molecule has 2 N–H and O–H groups in total. The first-order valence-corrected chi connectivity index (χ1v) is 8.46. The lowest BCUT2D eigenvalue weighted by molar-refractivity contribution is -0.140. The predicted molar refractivity (Wildman–Crippen MR) is 85.3 cm³/mol. The van der Waals surface area contributed by atoms with Gasteiger partial charge in [0.05, 0.1) is 16.4 Å². The molecular weight excluding hydrogens is 274 g/mol. The van der Waals surface area contributed by atoms with Gasteiger partial charge in [0.15, 0.2) is 0 Å². The molecule has 0 aliphatic heterocycles. The standard InChI is InChI=1S/C18H21N3O/c22-16(21-17-19-14-3-1-2-4-15(14)20-17)18-8-11-5-12(9-18)7-13(6-11)10-18/h1-4,11-13H,5-10H2,(H2,19,20,21,22). The molecule has 114 valence electrons. The van der Waals surface area contributed by atoms with Gasteiger partial charge in [0, 0.05) is 0 Å². The first-order chi connectivity index (χ1) is 10.7. The zero-order chi connectivity index (χ0) is 14.7. The highest BCUT2D eigenvalue weighted by Crippen LogP contribution is 2.60.